The molecule has 1 saturated heterocycles. The first-order chi connectivity index (χ1) is 6.47. The van der Waals surface area contributed by atoms with Crippen LogP contribution in [0.3, 0.4) is 0 Å². The highest BCUT2D eigenvalue weighted by Crippen LogP contribution is 2.14. The zero-order valence-corrected chi connectivity index (χ0v) is 10.5. The molecule has 0 aromatic rings. The number of aliphatic imine (C=N–C) groups is 1. The van der Waals surface area contributed by atoms with Gasteiger partial charge in [0.05, 0.1) is 34.0 Å². The number of nitrogens with zero attached hydrogens (tertiary/aromatic N) is 3. The predicted molar refractivity (Wildman–Crippen MR) is 63.6 cm³/mol. The van der Waals surface area contributed by atoms with E-state index in [1.54, 1.807) is 0 Å². The zero-order valence-electron chi connectivity index (χ0n) is 10.5. The summed E-state index contributed by atoms with van der Waals surface area (Å²) in [6.45, 7) is 3.60. The average molecular weight is 215 g/mol. The number of hydrogen-bond donors (Lipinski definition) is 0. The summed E-state index contributed by atoms with van der Waals surface area (Å²) in [5.74, 6) is 1.38. The summed E-state index contributed by atoms with van der Waals surface area (Å²) >= 11 is 0. The Labute approximate surface area is 93.5 Å². The molecule has 0 atom stereocenters. The van der Waals surface area contributed by atoms with Gasteiger partial charge in [0.15, 0.2) is 0 Å². The normalized spacial score (nSPS) is 19.5. The lowest BCUT2D eigenvalue weighted by Gasteiger charge is -2.21. The molecule has 0 spiro atoms. The molecule has 0 bridgehead atoms. The third-order valence-electron chi connectivity index (χ3n) is 2.07. The fraction of sp³-hybridized carbons (Fsp3) is 0.909. The molecule has 15 heavy (non-hydrogen) atoms. The van der Waals surface area contributed by atoms with Gasteiger partial charge in [-0.1, -0.05) is 0 Å². The molecule has 1 fully saturated rings. The number of rotatable bonds is 0. The summed E-state index contributed by atoms with van der Waals surface area (Å²) in [6, 6.07) is 0. The van der Waals surface area contributed by atoms with Crippen LogP contribution >= 0.6 is 0 Å². The van der Waals surface area contributed by atoms with Crippen LogP contribution in [0.25, 0.3) is 0 Å². The van der Waals surface area contributed by atoms with Gasteiger partial charge >= 0.3 is 0 Å². The molecule has 90 valence electrons. The van der Waals surface area contributed by atoms with Gasteiger partial charge in [-0.25, -0.2) is 0 Å². The van der Waals surface area contributed by atoms with Crippen molar-refractivity contribution < 1.29 is 9.96 Å². The van der Waals surface area contributed by atoms with Crippen molar-refractivity contribution in [3.8, 4) is 0 Å². The Hall–Kier alpha value is -0.610. The van der Waals surface area contributed by atoms with Crippen LogP contribution in [-0.2, 0) is 0 Å². The summed E-state index contributed by atoms with van der Waals surface area (Å²) < 4.78 is 1.00. The minimum absolute atomic E-state index is 0. The smallest absolute Gasteiger partial charge is 0.0989 e. The van der Waals surface area contributed by atoms with E-state index in [2.05, 4.69) is 38.1 Å². The molecule has 2 aliphatic rings. The van der Waals surface area contributed by atoms with Crippen LogP contribution < -0.4 is 0 Å². The highest BCUT2D eigenvalue weighted by Gasteiger charge is 2.19. The van der Waals surface area contributed by atoms with Gasteiger partial charge < -0.3 is 14.9 Å². The molecule has 2 heterocycles. The van der Waals surface area contributed by atoms with Gasteiger partial charge in [-0.15, -0.1) is 0 Å². The van der Waals surface area contributed by atoms with Crippen LogP contribution in [0.1, 0.15) is 19.3 Å². The maximum atomic E-state index is 4.43. The van der Waals surface area contributed by atoms with Gasteiger partial charge in [-0.05, 0) is 12.8 Å². The van der Waals surface area contributed by atoms with E-state index in [0.29, 0.717) is 0 Å². The fourth-order valence-electron chi connectivity index (χ4n) is 1.60. The number of hydrogen-bond acceptors (Lipinski definition) is 3. The Morgan fingerprint density at radius 3 is 2.13 bits per heavy atom. The molecule has 0 radical (unpaired) electrons. The SMILES string of the molecule is C1CN=C2CCCN2C1.C[N+](C)(C)C.[OH-]. The fourth-order valence-corrected chi connectivity index (χ4v) is 1.60. The van der Waals surface area contributed by atoms with Crippen molar-refractivity contribution in [3.05, 3.63) is 0 Å². The van der Waals surface area contributed by atoms with E-state index in [0.717, 1.165) is 11.0 Å². The lowest BCUT2D eigenvalue weighted by atomic mass is 10.3. The lowest BCUT2D eigenvalue weighted by Crippen LogP contribution is -2.29. The second-order valence-corrected chi connectivity index (χ2v) is 5.43. The topological polar surface area (TPSA) is 45.6 Å². The van der Waals surface area contributed by atoms with E-state index in [1.807, 2.05) is 0 Å². The Kier molecular flexibility index (Phi) is 5.83. The second-order valence-electron chi connectivity index (χ2n) is 5.43. The van der Waals surface area contributed by atoms with Crippen LogP contribution in [-0.4, -0.2) is 68.5 Å². The molecule has 0 aromatic heterocycles. The average Bonchev–Trinajstić information content (AvgIpc) is 2.47. The first kappa shape index (κ1) is 14.4. The molecule has 4 nitrogen and oxygen atoms in total. The molecule has 0 unspecified atom stereocenters. The standard InChI is InChI=1S/C7H12N2.C4H12N.H2O/c1-3-7-8-4-2-6-9(7)5-1;1-5(2,3)4;/h1-6H2;1-4H3;1H2/q;+1;/p-1. The maximum absolute atomic E-state index is 4.43. The van der Waals surface area contributed by atoms with Gasteiger partial charge in [0.25, 0.3) is 0 Å². The highest BCUT2D eigenvalue weighted by molar-refractivity contribution is 5.84. The van der Waals surface area contributed by atoms with Crippen LogP contribution in [0.4, 0.5) is 0 Å². The third kappa shape index (κ3) is 6.47. The zero-order chi connectivity index (χ0) is 10.6. The molecule has 0 amide bonds. The highest BCUT2D eigenvalue weighted by atomic mass is 16.0. The van der Waals surface area contributed by atoms with Crippen LogP contribution in [0.15, 0.2) is 4.99 Å². The molecular formula is C11H25N3O. The van der Waals surface area contributed by atoms with Crippen molar-refractivity contribution in [2.75, 3.05) is 47.8 Å². The monoisotopic (exact) mass is 215 g/mol. The molecule has 4 heteroatoms. The Bertz CT molecular complexity index is 202. The van der Waals surface area contributed by atoms with Crippen molar-refractivity contribution in [2.45, 2.75) is 19.3 Å². The first-order valence-corrected chi connectivity index (χ1v) is 5.54. The van der Waals surface area contributed by atoms with E-state index >= 15 is 0 Å². The van der Waals surface area contributed by atoms with Gasteiger partial charge in [0, 0.05) is 26.1 Å². The van der Waals surface area contributed by atoms with E-state index in [4.69, 9.17) is 0 Å². The molecule has 0 aromatic carbocycles. The van der Waals surface area contributed by atoms with Gasteiger partial charge in [-0.3, -0.25) is 4.99 Å². The van der Waals surface area contributed by atoms with Gasteiger partial charge in [0.1, 0.15) is 0 Å². The summed E-state index contributed by atoms with van der Waals surface area (Å²) in [7, 11) is 8.50. The first-order valence-electron chi connectivity index (χ1n) is 5.54. The minimum atomic E-state index is 0. The Balaban J connectivity index is 0.000000289. The summed E-state index contributed by atoms with van der Waals surface area (Å²) in [6.07, 6.45) is 3.84. The lowest BCUT2D eigenvalue weighted by molar-refractivity contribution is -0.849. The van der Waals surface area contributed by atoms with E-state index in [1.165, 1.54) is 38.2 Å². The van der Waals surface area contributed by atoms with E-state index < -0.39 is 0 Å². The molecule has 2 rings (SSSR count). The molecule has 2 aliphatic heterocycles. The third-order valence-corrected chi connectivity index (χ3v) is 2.07. The Morgan fingerprint density at radius 2 is 1.60 bits per heavy atom. The van der Waals surface area contributed by atoms with E-state index in [9.17, 15) is 0 Å². The summed E-state index contributed by atoms with van der Waals surface area (Å²) in [4.78, 5) is 6.85. The number of amidine groups is 1. The van der Waals surface area contributed by atoms with Crippen LogP contribution in [0, 0.1) is 0 Å². The van der Waals surface area contributed by atoms with E-state index in [-0.39, 0.29) is 5.48 Å². The van der Waals surface area contributed by atoms with Gasteiger partial charge in [0.2, 0.25) is 0 Å². The largest absolute Gasteiger partial charge is 0.870 e. The predicted octanol–water partition coefficient (Wildman–Crippen LogP) is 1.03. The Morgan fingerprint density at radius 1 is 1.07 bits per heavy atom. The van der Waals surface area contributed by atoms with Crippen LogP contribution in [0.2, 0.25) is 0 Å². The molecule has 0 saturated carbocycles. The second kappa shape index (κ2) is 6.08. The maximum Gasteiger partial charge on any atom is 0.0989 e. The molecule has 0 aliphatic carbocycles. The van der Waals surface area contributed by atoms with Crippen LogP contribution in [0.5, 0.6) is 0 Å². The van der Waals surface area contributed by atoms with Crippen molar-refractivity contribution >= 4 is 5.84 Å². The molecule has 1 N–H and O–H groups in total. The van der Waals surface area contributed by atoms with Crippen molar-refractivity contribution in [1.29, 1.82) is 0 Å². The minimum Gasteiger partial charge on any atom is -0.870 e. The molecular weight excluding hydrogens is 190 g/mol. The van der Waals surface area contributed by atoms with Crippen molar-refractivity contribution in [1.82, 2.24) is 4.90 Å². The van der Waals surface area contributed by atoms with Crippen molar-refractivity contribution in [3.63, 3.8) is 0 Å². The number of quaternary nitrogens is 1. The summed E-state index contributed by atoms with van der Waals surface area (Å²) in [5.41, 5.74) is 0. The van der Waals surface area contributed by atoms with Gasteiger partial charge in [-0.2, -0.15) is 0 Å². The number of fused-ring (bicyclic) bond motifs is 1. The summed E-state index contributed by atoms with van der Waals surface area (Å²) in [5, 5.41) is 0. The van der Waals surface area contributed by atoms with Crippen molar-refractivity contribution in [2.24, 2.45) is 4.99 Å². The quantitative estimate of drug-likeness (QED) is 0.567.